The molecule has 0 bridgehead atoms. The standard InChI is InChI=1S/C17H19ClN4O3/c1-10-8-22(13-5-3-12(18)4-6-13)16(24)9-21(10)15(23)7-14-11(2)19-20-17(14)25/h3-6,10H,7-9H2,1-2H3,(H2,19,20,25)/t10-/m0/s1. The zero-order valence-electron chi connectivity index (χ0n) is 14.0. The van der Waals surface area contributed by atoms with Crippen LogP contribution in [0.15, 0.2) is 29.1 Å². The number of carbonyl (C=O) groups excluding carboxylic acids is 2. The molecule has 2 heterocycles. The summed E-state index contributed by atoms with van der Waals surface area (Å²) in [7, 11) is 0. The predicted molar refractivity (Wildman–Crippen MR) is 94.8 cm³/mol. The minimum atomic E-state index is -0.301. The Balaban J connectivity index is 1.73. The van der Waals surface area contributed by atoms with E-state index in [0.29, 0.717) is 22.8 Å². The summed E-state index contributed by atoms with van der Waals surface area (Å²) < 4.78 is 0. The summed E-state index contributed by atoms with van der Waals surface area (Å²) in [6.07, 6.45) is -0.0246. The lowest BCUT2D eigenvalue weighted by atomic mass is 10.1. The van der Waals surface area contributed by atoms with Crippen molar-refractivity contribution in [2.45, 2.75) is 26.3 Å². The third-order valence-electron chi connectivity index (χ3n) is 4.46. The van der Waals surface area contributed by atoms with Crippen molar-refractivity contribution < 1.29 is 9.59 Å². The first-order valence-electron chi connectivity index (χ1n) is 7.98. The molecule has 1 fully saturated rings. The van der Waals surface area contributed by atoms with Gasteiger partial charge in [0.05, 0.1) is 6.42 Å². The summed E-state index contributed by atoms with van der Waals surface area (Å²) in [6.45, 7) is 4.01. The van der Waals surface area contributed by atoms with Gasteiger partial charge in [0, 0.05) is 34.6 Å². The third kappa shape index (κ3) is 3.46. The number of hydrogen-bond donors (Lipinski definition) is 2. The van der Waals surface area contributed by atoms with Crippen molar-refractivity contribution in [1.82, 2.24) is 15.1 Å². The smallest absolute Gasteiger partial charge is 0.267 e. The van der Waals surface area contributed by atoms with Gasteiger partial charge in [-0.05, 0) is 38.1 Å². The van der Waals surface area contributed by atoms with E-state index in [-0.39, 0.29) is 36.4 Å². The second-order valence-electron chi connectivity index (χ2n) is 6.21. The normalized spacial score (nSPS) is 17.9. The van der Waals surface area contributed by atoms with Gasteiger partial charge >= 0.3 is 0 Å². The maximum atomic E-state index is 12.6. The molecular weight excluding hydrogens is 344 g/mol. The number of nitrogens with zero attached hydrogens (tertiary/aromatic N) is 2. The van der Waals surface area contributed by atoms with E-state index < -0.39 is 0 Å². The van der Waals surface area contributed by atoms with Crippen molar-refractivity contribution >= 4 is 29.1 Å². The molecule has 1 aromatic carbocycles. The van der Waals surface area contributed by atoms with Gasteiger partial charge in [-0.25, -0.2) is 0 Å². The fraction of sp³-hybridized carbons (Fsp3) is 0.353. The summed E-state index contributed by atoms with van der Waals surface area (Å²) in [4.78, 5) is 40.0. The molecular formula is C17H19ClN4O3. The van der Waals surface area contributed by atoms with Gasteiger partial charge in [0.1, 0.15) is 6.54 Å². The third-order valence-corrected chi connectivity index (χ3v) is 4.71. The molecule has 7 nitrogen and oxygen atoms in total. The highest BCUT2D eigenvalue weighted by Crippen LogP contribution is 2.22. The number of aromatic amines is 2. The SMILES string of the molecule is Cc1[nH][nH]c(=O)c1CC(=O)N1CC(=O)N(c2ccc(Cl)cc2)C[C@@H]1C. The molecule has 0 spiro atoms. The Hall–Kier alpha value is -2.54. The molecule has 2 N–H and O–H groups in total. The number of carbonyl (C=O) groups is 2. The van der Waals surface area contributed by atoms with Crippen LogP contribution in [0.4, 0.5) is 5.69 Å². The van der Waals surface area contributed by atoms with E-state index in [1.807, 2.05) is 6.92 Å². The molecule has 0 unspecified atom stereocenters. The number of aryl methyl sites for hydroxylation is 1. The van der Waals surface area contributed by atoms with Crippen LogP contribution in [0.1, 0.15) is 18.2 Å². The monoisotopic (exact) mass is 362 g/mol. The molecule has 25 heavy (non-hydrogen) atoms. The molecule has 132 valence electrons. The lowest BCUT2D eigenvalue weighted by Gasteiger charge is -2.39. The number of aromatic nitrogens is 2. The van der Waals surface area contributed by atoms with Gasteiger partial charge in [-0.15, -0.1) is 0 Å². The highest BCUT2D eigenvalue weighted by molar-refractivity contribution is 6.30. The maximum absolute atomic E-state index is 12.6. The molecule has 1 aliphatic rings. The van der Waals surface area contributed by atoms with Crippen LogP contribution in [0.5, 0.6) is 0 Å². The Kier molecular flexibility index (Phi) is 4.67. The topological polar surface area (TPSA) is 89.3 Å². The Morgan fingerprint density at radius 1 is 1.24 bits per heavy atom. The first kappa shape index (κ1) is 17.3. The second kappa shape index (κ2) is 6.76. The van der Waals surface area contributed by atoms with Crippen LogP contribution in [-0.2, 0) is 16.0 Å². The van der Waals surface area contributed by atoms with Gasteiger partial charge in [0.15, 0.2) is 0 Å². The molecule has 1 atom stereocenters. The average Bonchev–Trinajstić information content (AvgIpc) is 2.89. The van der Waals surface area contributed by atoms with E-state index in [1.165, 1.54) is 4.90 Å². The van der Waals surface area contributed by atoms with Crippen molar-refractivity contribution in [1.29, 1.82) is 0 Å². The highest BCUT2D eigenvalue weighted by atomic mass is 35.5. The van der Waals surface area contributed by atoms with Crippen LogP contribution in [0.25, 0.3) is 0 Å². The molecule has 1 aliphatic heterocycles. The molecule has 8 heteroatoms. The van der Waals surface area contributed by atoms with Gasteiger partial charge in [-0.3, -0.25) is 19.5 Å². The number of H-pyrrole nitrogens is 2. The van der Waals surface area contributed by atoms with Crippen molar-refractivity contribution in [2.24, 2.45) is 0 Å². The zero-order chi connectivity index (χ0) is 18.1. The molecule has 0 radical (unpaired) electrons. The van der Waals surface area contributed by atoms with E-state index in [9.17, 15) is 14.4 Å². The molecule has 0 aliphatic carbocycles. The number of benzene rings is 1. The highest BCUT2D eigenvalue weighted by Gasteiger charge is 2.33. The average molecular weight is 363 g/mol. The Labute approximate surface area is 149 Å². The largest absolute Gasteiger partial charge is 0.329 e. The van der Waals surface area contributed by atoms with E-state index in [4.69, 9.17) is 11.6 Å². The zero-order valence-corrected chi connectivity index (χ0v) is 14.8. The van der Waals surface area contributed by atoms with Crippen LogP contribution in [0, 0.1) is 6.92 Å². The molecule has 3 rings (SSSR count). The van der Waals surface area contributed by atoms with Crippen molar-refractivity contribution in [3.8, 4) is 0 Å². The quantitative estimate of drug-likeness (QED) is 0.866. The van der Waals surface area contributed by atoms with Gasteiger partial charge in [-0.2, -0.15) is 0 Å². The van der Waals surface area contributed by atoms with Gasteiger partial charge < -0.3 is 14.9 Å². The number of rotatable bonds is 3. The minimum absolute atomic E-state index is 0.00992. The Bertz CT molecular complexity index is 856. The van der Waals surface area contributed by atoms with Gasteiger partial charge in [0.2, 0.25) is 11.8 Å². The molecule has 1 saturated heterocycles. The van der Waals surface area contributed by atoms with E-state index in [0.717, 1.165) is 5.69 Å². The number of piperazine rings is 1. The molecule has 0 saturated carbocycles. The minimum Gasteiger partial charge on any atom is -0.329 e. The second-order valence-corrected chi connectivity index (χ2v) is 6.65. The first-order chi connectivity index (χ1) is 11.9. The number of halogens is 1. The molecule has 2 aromatic rings. The summed E-state index contributed by atoms with van der Waals surface area (Å²) in [5.74, 6) is -0.390. The fourth-order valence-corrected chi connectivity index (χ4v) is 3.12. The van der Waals surface area contributed by atoms with Crippen molar-refractivity contribution in [3.05, 3.63) is 50.9 Å². The Morgan fingerprint density at radius 2 is 1.92 bits per heavy atom. The van der Waals surface area contributed by atoms with E-state index >= 15 is 0 Å². The summed E-state index contributed by atoms with van der Waals surface area (Å²) in [5.41, 5.74) is 1.50. The number of hydrogen-bond acceptors (Lipinski definition) is 3. The van der Waals surface area contributed by atoms with Crippen molar-refractivity contribution in [2.75, 3.05) is 18.0 Å². The first-order valence-corrected chi connectivity index (χ1v) is 8.36. The summed E-state index contributed by atoms with van der Waals surface area (Å²) in [6, 6.07) is 6.88. The maximum Gasteiger partial charge on any atom is 0.267 e. The van der Waals surface area contributed by atoms with Gasteiger partial charge in [0.25, 0.3) is 5.56 Å². The van der Waals surface area contributed by atoms with E-state index in [1.54, 1.807) is 36.1 Å². The lowest BCUT2D eigenvalue weighted by Crippen LogP contribution is -2.57. The van der Waals surface area contributed by atoms with Gasteiger partial charge in [-0.1, -0.05) is 11.6 Å². The predicted octanol–water partition coefficient (Wildman–Crippen LogP) is 1.47. The van der Waals surface area contributed by atoms with Crippen LogP contribution in [-0.4, -0.2) is 46.0 Å². The van der Waals surface area contributed by atoms with Crippen LogP contribution in [0.2, 0.25) is 5.02 Å². The fourth-order valence-electron chi connectivity index (χ4n) is 2.99. The van der Waals surface area contributed by atoms with E-state index in [2.05, 4.69) is 10.2 Å². The molecule has 2 amide bonds. The number of anilines is 1. The van der Waals surface area contributed by atoms with Crippen molar-refractivity contribution in [3.63, 3.8) is 0 Å². The number of amides is 2. The lowest BCUT2D eigenvalue weighted by molar-refractivity contribution is -0.138. The molecule has 1 aromatic heterocycles. The summed E-state index contributed by atoms with van der Waals surface area (Å²) in [5, 5.41) is 5.77. The van der Waals surface area contributed by atoms with Crippen LogP contribution < -0.4 is 10.5 Å². The van der Waals surface area contributed by atoms with Crippen LogP contribution in [0.3, 0.4) is 0 Å². The Morgan fingerprint density at radius 3 is 2.52 bits per heavy atom. The number of nitrogens with one attached hydrogen (secondary N) is 2. The van der Waals surface area contributed by atoms with Crippen LogP contribution >= 0.6 is 11.6 Å². The summed E-state index contributed by atoms with van der Waals surface area (Å²) >= 11 is 5.89.